The lowest BCUT2D eigenvalue weighted by Gasteiger charge is -2.12. The molecule has 1 aliphatic rings. The fourth-order valence-corrected chi connectivity index (χ4v) is 3.75. The summed E-state index contributed by atoms with van der Waals surface area (Å²) in [6.07, 6.45) is 1.56. The van der Waals surface area contributed by atoms with Gasteiger partial charge < -0.3 is 10.1 Å². The number of rotatable bonds is 5. The molecule has 1 aromatic heterocycles. The van der Waals surface area contributed by atoms with Crippen molar-refractivity contribution in [3.63, 3.8) is 0 Å². The molecule has 2 heterocycles. The predicted molar refractivity (Wildman–Crippen MR) is 120 cm³/mol. The van der Waals surface area contributed by atoms with Gasteiger partial charge in [0, 0.05) is 23.4 Å². The van der Waals surface area contributed by atoms with Gasteiger partial charge in [-0.25, -0.2) is 4.98 Å². The number of methoxy groups -OCH3 is 1. The summed E-state index contributed by atoms with van der Waals surface area (Å²) in [6, 6.07) is 16.9. The molecule has 154 valence electrons. The van der Waals surface area contributed by atoms with Crippen LogP contribution in [0.1, 0.15) is 30.4 Å². The van der Waals surface area contributed by atoms with E-state index in [1.54, 1.807) is 25.3 Å². The Hall–Kier alpha value is -3.12. The predicted octanol–water partition coefficient (Wildman–Crippen LogP) is 4.35. The van der Waals surface area contributed by atoms with E-state index in [1.165, 1.54) is 10.7 Å². The summed E-state index contributed by atoms with van der Waals surface area (Å²) in [5, 5.41) is 8.55. The maximum atomic E-state index is 12.9. The fourth-order valence-electron chi connectivity index (χ4n) is 3.58. The third-order valence-corrected chi connectivity index (χ3v) is 5.42. The molecule has 4 rings (SSSR count). The van der Waals surface area contributed by atoms with Gasteiger partial charge in [0.15, 0.2) is 0 Å². The van der Waals surface area contributed by atoms with Crippen molar-refractivity contribution in [3.8, 4) is 5.75 Å². The number of hydrogen-bond donors (Lipinski definition) is 1. The normalized spacial score (nSPS) is 15.7. The Morgan fingerprint density at radius 1 is 1.20 bits per heavy atom. The van der Waals surface area contributed by atoms with Crippen LogP contribution in [0, 0.1) is 5.92 Å². The molecule has 2 aromatic carbocycles. The summed E-state index contributed by atoms with van der Waals surface area (Å²) >= 11 is 6.09. The molecule has 30 heavy (non-hydrogen) atoms. The highest BCUT2D eigenvalue weighted by atomic mass is 35.5. The second kappa shape index (κ2) is 8.71. The van der Waals surface area contributed by atoms with Gasteiger partial charge in [0.1, 0.15) is 11.6 Å². The molecule has 0 aliphatic carbocycles. The second-order valence-electron chi connectivity index (χ2n) is 7.30. The van der Waals surface area contributed by atoms with Crippen molar-refractivity contribution >= 4 is 23.0 Å². The van der Waals surface area contributed by atoms with E-state index < -0.39 is 0 Å². The minimum atomic E-state index is -0.183. The number of anilines is 1. The van der Waals surface area contributed by atoms with Gasteiger partial charge in [0.2, 0.25) is 0 Å². The van der Waals surface area contributed by atoms with Gasteiger partial charge in [-0.2, -0.15) is 9.78 Å². The minimum Gasteiger partial charge on any atom is -0.495 e. The molecule has 1 atom stereocenters. The maximum absolute atomic E-state index is 12.9. The zero-order chi connectivity index (χ0) is 21.1. The van der Waals surface area contributed by atoms with Gasteiger partial charge in [0.05, 0.1) is 30.7 Å². The van der Waals surface area contributed by atoms with Crippen LogP contribution in [0.3, 0.4) is 0 Å². The number of hydrogen-bond acceptors (Lipinski definition) is 5. The van der Waals surface area contributed by atoms with Gasteiger partial charge >= 0.3 is 0 Å². The summed E-state index contributed by atoms with van der Waals surface area (Å²) < 4.78 is 6.80. The van der Waals surface area contributed by atoms with Crippen LogP contribution in [0.25, 0.3) is 0 Å². The first kappa shape index (κ1) is 20.2. The van der Waals surface area contributed by atoms with Crippen LogP contribution >= 0.6 is 11.6 Å². The number of fused-ring (bicyclic) bond motifs is 1. The van der Waals surface area contributed by atoms with Gasteiger partial charge in [-0.3, -0.25) is 4.79 Å². The number of benzene rings is 2. The Labute approximate surface area is 180 Å². The first-order valence-corrected chi connectivity index (χ1v) is 10.3. The summed E-state index contributed by atoms with van der Waals surface area (Å²) in [5.74, 6) is 1.58. The van der Waals surface area contributed by atoms with Gasteiger partial charge in [-0.15, -0.1) is 0 Å². The van der Waals surface area contributed by atoms with E-state index in [0.29, 0.717) is 35.3 Å². The Bertz CT molecular complexity index is 1140. The fraction of sp³-hybridized carbons (Fsp3) is 0.261. The molecule has 0 fully saturated rings. The zero-order valence-corrected chi connectivity index (χ0v) is 17.7. The van der Waals surface area contributed by atoms with Crippen molar-refractivity contribution in [1.29, 1.82) is 0 Å². The number of nitrogens with one attached hydrogen (secondary N) is 1. The number of aromatic nitrogens is 2. The number of aryl methyl sites for hydroxylation is 1. The molecule has 0 radical (unpaired) electrons. The summed E-state index contributed by atoms with van der Waals surface area (Å²) in [4.78, 5) is 17.6. The van der Waals surface area contributed by atoms with Crippen molar-refractivity contribution in [2.75, 3.05) is 12.4 Å². The van der Waals surface area contributed by atoms with Crippen molar-refractivity contribution in [2.45, 2.75) is 26.3 Å². The van der Waals surface area contributed by atoms with Gasteiger partial charge in [-0.05, 0) is 30.2 Å². The largest absolute Gasteiger partial charge is 0.495 e. The van der Waals surface area contributed by atoms with E-state index in [0.717, 1.165) is 23.4 Å². The van der Waals surface area contributed by atoms with Crippen LogP contribution in [-0.2, 0) is 13.0 Å². The lowest BCUT2D eigenvalue weighted by Crippen LogP contribution is -2.23. The molecule has 0 spiro atoms. The third-order valence-electron chi connectivity index (χ3n) is 5.18. The van der Waals surface area contributed by atoms with Crippen molar-refractivity contribution < 1.29 is 4.74 Å². The van der Waals surface area contributed by atoms with Crippen LogP contribution in [0.4, 0.5) is 5.69 Å². The molecule has 7 heteroatoms. The SMILES string of the molecule is COc1ccc(Cl)cc1NCc1cc(=O)n2c(n1)CCC(C)C(c1ccccc1)=N2. The average molecular weight is 423 g/mol. The van der Waals surface area contributed by atoms with Gasteiger partial charge in [-0.1, -0.05) is 48.9 Å². The van der Waals surface area contributed by atoms with Gasteiger partial charge in [0.25, 0.3) is 5.56 Å². The van der Waals surface area contributed by atoms with E-state index >= 15 is 0 Å². The van der Waals surface area contributed by atoms with Crippen LogP contribution in [-0.4, -0.2) is 22.5 Å². The zero-order valence-electron chi connectivity index (χ0n) is 16.9. The monoisotopic (exact) mass is 422 g/mol. The van der Waals surface area contributed by atoms with Crippen molar-refractivity contribution in [2.24, 2.45) is 11.0 Å². The Balaban J connectivity index is 1.64. The van der Waals surface area contributed by atoms with Crippen molar-refractivity contribution in [3.05, 3.63) is 87.1 Å². The Kier molecular flexibility index (Phi) is 5.86. The third kappa shape index (κ3) is 4.24. The quantitative estimate of drug-likeness (QED) is 0.663. The highest BCUT2D eigenvalue weighted by Gasteiger charge is 2.20. The first-order chi connectivity index (χ1) is 14.5. The van der Waals surface area contributed by atoms with Crippen molar-refractivity contribution in [1.82, 2.24) is 9.66 Å². The second-order valence-corrected chi connectivity index (χ2v) is 7.74. The van der Waals surface area contributed by atoms with E-state index in [4.69, 9.17) is 21.3 Å². The molecule has 6 nitrogen and oxygen atoms in total. The highest BCUT2D eigenvalue weighted by Crippen LogP contribution is 2.28. The molecule has 0 bridgehead atoms. The van der Waals surface area contributed by atoms with E-state index in [-0.39, 0.29) is 11.5 Å². The first-order valence-electron chi connectivity index (χ1n) is 9.88. The number of halogens is 1. The molecular weight excluding hydrogens is 400 g/mol. The van der Waals surface area contributed by atoms with E-state index in [9.17, 15) is 4.79 Å². The highest BCUT2D eigenvalue weighted by molar-refractivity contribution is 6.30. The summed E-state index contributed by atoms with van der Waals surface area (Å²) in [6.45, 7) is 2.52. The lowest BCUT2D eigenvalue weighted by molar-refractivity contribution is 0.416. The molecule has 3 aromatic rings. The minimum absolute atomic E-state index is 0.183. The molecule has 0 amide bonds. The summed E-state index contributed by atoms with van der Waals surface area (Å²) in [7, 11) is 1.60. The summed E-state index contributed by atoms with van der Waals surface area (Å²) in [5.41, 5.74) is 3.16. The van der Waals surface area contributed by atoms with Crippen LogP contribution in [0.15, 0.2) is 64.5 Å². The van der Waals surface area contributed by atoms with Crippen LogP contribution < -0.4 is 15.6 Å². The standard InChI is InChI=1S/C23H23ClN4O2/c1-15-8-11-21-26-18(14-25-19-12-17(24)9-10-20(19)30-2)13-22(29)28(21)27-23(15)16-6-4-3-5-7-16/h3-7,9-10,12-13,15,25H,8,11,14H2,1-2H3. The Morgan fingerprint density at radius 3 is 2.77 bits per heavy atom. The van der Waals surface area contributed by atoms with Crippen LogP contribution in [0.5, 0.6) is 5.75 Å². The van der Waals surface area contributed by atoms with E-state index in [1.807, 2.05) is 30.3 Å². The van der Waals surface area contributed by atoms with E-state index in [2.05, 4.69) is 17.3 Å². The topological polar surface area (TPSA) is 68.5 Å². The molecule has 0 saturated heterocycles. The molecule has 1 N–H and O–H groups in total. The Morgan fingerprint density at radius 2 is 2.00 bits per heavy atom. The molecule has 1 unspecified atom stereocenters. The molecule has 1 aliphatic heterocycles. The maximum Gasteiger partial charge on any atom is 0.274 e. The number of nitrogens with zero attached hydrogens (tertiary/aromatic N) is 3. The average Bonchev–Trinajstić information content (AvgIpc) is 2.92. The lowest BCUT2D eigenvalue weighted by atomic mass is 9.94. The molecule has 0 saturated carbocycles. The van der Waals surface area contributed by atoms with Crippen LogP contribution in [0.2, 0.25) is 5.02 Å². The number of ether oxygens (including phenoxy) is 1. The molecular formula is C23H23ClN4O2. The smallest absolute Gasteiger partial charge is 0.274 e.